The smallest absolute Gasteiger partial charge is 0.172 e. The molecule has 2 aliphatic rings. The SMILES string of the molecule is O[C@@H]1[C@H]2[C@H](O)CCC[S+]2C[C@H]1O.[Cl-]. The Balaban J connectivity index is 0.000000845. The molecule has 0 spiro atoms. The van der Waals surface area contributed by atoms with E-state index in [1.165, 1.54) is 0 Å². The third-order valence-corrected chi connectivity index (χ3v) is 5.73. The molecule has 0 radical (unpaired) electrons. The quantitative estimate of drug-likeness (QED) is 0.368. The van der Waals surface area contributed by atoms with Crippen molar-refractivity contribution >= 4 is 10.9 Å². The molecule has 2 heterocycles. The summed E-state index contributed by atoms with van der Waals surface area (Å²) in [6.45, 7) is 0. The molecule has 2 saturated heterocycles. The first-order valence-electron chi connectivity index (χ1n) is 4.40. The first-order valence-corrected chi connectivity index (χ1v) is 6.03. The summed E-state index contributed by atoms with van der Waals surface area (Å²) >= 11 is 0. The van der Waals surface area contributed by atoms with Crippen LogP contribution in [0.4, 0.5) is 0 Å². The molecule has 0 aromatic heterocycles. The summed E-state index contributed by atoms with van der Waals surface area (Å²) in [4.78, 5) is 0. The van der Waals surface area contributed by atoms with E-state index < -0.39 is 12.2 Å². The largest absolute Gasteiger partial charge is 1.00 e. The molecule has 5 atom stereocenters. The molecule has 2 fully saturated rings. The maximum Gasteiger partial charge on any atom is 0.172 e. The monoisotopic (exact) mass is 226 g/mol. The topological polar surface area (TPSA) is 60.7 Å². The summed E-state index contributed by atoms with van der Waals surface area (Å²) in [5.41, 5.74) is 0. The number of halogens is 1. The van der Waals surface area contributed by atoms with Crippen molar-refractivity contribution in [2.45, 2.75) is 36.4 Å². The minimum absolute atomic E-state index is 0. The van der Waals surface area contributed by atoms with Crippen molar-refractivity contribution in [3.63, 3.8) is 0 Å². The summed E-state index contributed by atoms with van der Waals surface area (Å²) in [6.07, 6.45) is 0.182. The minimum Gasteiger partial charge on any atom is -1.00 e. The first kappa shape index (κ1) is 11.6. The van der Waals surface area contributed by atoms with Gasteiger partial charge in [-0.1, -0.05) is 0 Å². The molecule has 3 N–H and O–H groups in total. The Morgan fingerprint density at radius 2 is 1.77 bits per heavy atom. The van der Waals surface area contributed by atoms with E-state index in [4.69, 9.17) is 0 Å². The molecule has 0 saturated carbocycles. The number of rotatable bonds is 0. The predicted octanol–water partition coefficient (Wildman–Crippen LogP) is -4.13. The lowest BCUT2D eigenvalue weighted by Gasteiger charge is -2.24. The normalized spacial score (nSPS) is 49.6. The van der Waals surface area contributed by atoms with E-state index in [2.05, 4.69) is 0 Å². The summed E-state index contributed by atoms with van der Waals surface area (Å²) in [5.74, 6) is 1.78. The number of aliphatic hydroxyl groups is 3. The maximum atomic E-state index is 9.60. The van der Waals surface area contributed by atoms with E-state index in [0.29, 0.717) is 5.75 Å². The van der Waals surface area contributed by atoms with E-state index in [9.17, 15) is 15.3 Å². The van der Waals surface area contributed by atoms with Gasteiger partial charge in [-0.15, -0.1) is 0 Å². The van der Waals surface area contributed by atoms with Gasteiger partial charge in [0.1, 0.15) is 29.8 Å². The third-order valence-electron chi connectivity index (χ3n) is 2.79. The highest BCUT2D eigenvalue weighted by molar-refractivity contribution is 7.97. The van der Waals surface area contributed by atoms with E-state index in [1.807, 2.05) is 0 Å². The molecule has 3 nitrogen and oxygen atoms in total. The Morgan fingerprint density at radius 1 is 1.08 bits per heavy atom. The highest BCUT2D eigenvalue weighted by atomic mass is 35.5. The van der Waals surface area contributed by atoms with Gasteiger partial charge in [-0.3, -0.25) is 0 Å². The van der Waals surface area contributed by atoms with Gasteiger partial charge < -0.3 is 27.7 Å². The number of hydrogen-bond acceptors (Lipinski definition) is 3. The zero-order valence-corrected chi connectivity index (χ0v) is 8.84. The van der Waals surface area contributed by atoms with Crippen LogP contribution in [0.1, 0.15) is 12.8 Å². The number of hydrogen-bond donors (Lipinski definition) is 3. The van der Waals surface area contributed by atoms with Gasteiger partial charge in [0.25, 0.3) is 0 Å². The number of fused-ring (bicyclic) bond motifs is 1. The Morgan fingerprint density at radius 3 is 2.38 bits per heavy atom. The fraction of sp³-hybridized carbons (Fsp3) is 1.00. The summed E-state index contributed by atoms with van der Waals surface area (Å²) in [5, 5.41) is 28.5. The third kappa shape index (κ3) is 1.97. The van der Waals surface area contributed by atoms with Crippen LogP contribution in [0.15, 0.2) is 0 Å². The Kier molecular flexibility index (Phi) is 3.89. The summed E-state index contributed by atoms with van der Waals surface area (Å²) in [6, 6.07) is 0. The van der Waals surface area contributed by atoms with Crippen molar-refractivity contribution in [1.29, 1.82) is 0 Å². The predicted molar refractivity (Wildman–Crippen MR) is 48.1 cm³/mol. The Bertz CT molecular complexity index is 181. The van der Waals surface area contributed by atoms with Crippen molar-refractivity contribution in [3.05, 3.63) is 0 Å². The highest BCUT2D eigenvalue weighted by Gasteiger charge is 2.54. The van der Waals surface area contributed by atoms with Gasteiger partial charge in [-0.05, 0) is 23.7 Å². The molecule has 0 aromatic carbocycles. The first-order chi connectivity index (χ1) is 5.70. The Hall–Kier alpha value is 0.520. The van der Waals surface area contributed by atoms with Gasteiger partial charge >= 0.3 is 0 Å². The standard InChI is InChI=1S/C8H15O3S.ClH/c9-5-2-1-3-12-4-6(10)7(11)8(5)12;/h5-11H,1-4H2;1H/q+1;/p-1/t5-,6-,7+,8-,12?;/m1./s1. The van der Waals surface area contributed by atoms with Gasteiger partial charge in [0.15, 0.2) is 5.25 Å². The maximum absolute atomic E-state index is 9.60. The lowest BCUT2D eigenvalue weighted by Crippen LogP contribution is -3.00. The van der Waals surface area contributed by atoms with Crippen molar-refractivity contribution in [1.82, 2.24) is 0 Å². The zero-order valence-electron chi connectivity index (χ0n) is 7.27. The molecule has 1 unspecified atom stereocenters. The van der Waals surface area contributed by atoms with E-state index in [1.54, 1.807) is 0 Å². The van der Waals surface area contributed by atoms with Crippen molar-refractivity contribution in [2.24, 2.45) is 0 Å². The lowest BCUT2D eigenvalue weighted by molar-refractivity contribution is -0.0000125. The second-order valence-electron chi connectivity index (χ2n) is 3.64. The van der Waals surface area contributed by atoms with E-state index in [-0.39, 0.29) is 34.7 Å². The van der Waals surface area contributed by atoms with Crippen LogP contribution in [0.25, 0.3) is 0 Å². The highest BCUT2D eigenvalue weighted by Crippen LogP contribution is 2.32. The minimum atomic E-state index is -0.677. The Labute approximate surface area is 86.9 Å². The average molecular weight is 227 g/mol. The molecule has 2 aliphatic heterocycles. The molecule has 13 heavy (non-hydrogen) atoms. The zero-order chi connectivity index (χ0) is 8.72. The van der Waals surface area contributed by atoms with Gasteiger partial charge in [0.2, 0.25) is 0 Å². The number of aliphatic hydroxyl groups excluding tert-OH is 3. The second kappa shape index (κ2) is 4.36. The van der Waals surface area contributed by atoms with Crippen LogP contribution in [0, 0.1) is 0 Å². The molecule has 0 aromatic rings. The molecule has 0 aliphatic carbocycles. The summed E-state index contributed by atoms with van der Waals surface area (Å²) < 4.78 is 0. The van der Waals surface area contributed by atoms with Crippen LogP contribution in [0.3, 0.4) is 0 Å². The van der Waals surface area contributed by atoms with Crippen molar-refractivity contribution in [3.8, 4) is 0 Å². The second-order valence-corrected chi connectivity index (χ2v) is 6.00. The van der Waals surface area contributed by atoms with Gasteiger partial charge in [0, 0.05) is 0 Å². The fourth-order valence-electron chi connectivity index (χ4n) is 2.16. The van der Waals surface area contributed by atoms with Crippen LogP contribution >= 0.6 is 0 Å². The van der Waals surface area contributed by atoms with Crippen LogP contribution in [0.2, 0.25) is 0 Å². The van der Waals surface area contributed by atoms with Crippen LogP contribution in [0.5, 0.6) is 0 Å². The van der Waals surface area contributed by atoms with Gasteiger partial charge in [-0.2, -0.15) is 0 Å². The molecule has 5 heteroatoms. The van der Waals surface area contributed by atoms with Crippen LogP contribution < -0.4 is 12.4 Å². The average Bonchev–Trinajstić information content (AvgIpc) is 2.29. The van der Waals surface area contributed by atoms with Gasteiger partial charge in [-0.25, -0.2) is 0 Å². The lowest BCUT2D eigenvalue weighted by atomic mass is 10.0. The van der Waals surface area contributed by atoms with Crippen LogP contribution in [-0.2, 0) is 10.9 Å². The van der Waals surface area contributed by atoms with E-state index in [0.717, 1.165) is 18.6 Å². The van der Waals surface area contributed by atoms with Crippen LogP contribution in [-0.4, -0.2) is 50.4 Å². The molecular formula is C8H15ClO3S. The molecular weight excluding hydrogens is 212 g/mol. The van der Waals surface area contributed by atoms with E-state index >= 15 is 0 Å². The molecule has 78 valence electrons. The summed E-state index contributed by atoms with van der Waals surface area (Å²) in [7, 11) is 0.0745. The van der Waals surface area contributed by atoms with Crippen molar-refractivity contribution in [2.75, 3.05) is 11.5 Å². The van der Waals surface area contributed by atoms with Crippen molar-refractivity contribution < 1.29 is 27.7 Å². The fourth-order valence-corrected chi connectivity index (χ4v) is 5.15. The molecule has 0 bridgehead atoms. The van der Waals surface area contributed by atoms with Gasteiger partial charge in [0.05, 0.1) is 0 Å². The molecule has 0 amide bonds. The molecule has 2 rings (SSSR count).